The summed E-state index contributed by atoms with van der Waals surface area (Å²) in [5.74, 6) is 0.258. The first-order valence-corrected chi connectivity index (χ1v) is 7.98. The van der Waals surface area contributed by atoms with E-state index < -0.39 is 10.0 Å². The van der Waals surface area contributed by atoms with Crippen LogP contribution in [-0.4, -0.2) is 15.5 Å². The van der Waals surface area contributed by atoms with Crippen LogP contribution in [0.5, 0.6) is 5.75 Å². The highest BCUT2D eigenvalue weighted by Crippen LogP contribution is 2.27. The van der Waals surface area contributed by atoms with Crippen LogP contribution in [-0.2, 0) is 16.6 Å². The number of hydrogen-bond donors (Lipinski definition) is 2. The lowest BCUT2D eigenvalue weighted by molar-refractivity contribution is 0.402. The number of sulfonamides is 1. The van der Waals surface area contributed by atoms with E-state index in [1.807, 2.05) is 0 Å². The summed E-state index contributed by atoms with van der Waals surface area (Å²) in [6, 6.07) is 11.2. The van der Waals surface area contributed by atoms with Crippen molar-refractivity contribution in [2.45, 2.75) is 11.4 Å². The minimum atomic E-state index is -3.78. The number of rotatable bonds is 5. The molecule has 0 bridgehead atoms. The molecule has 0 aromatic heterocycles. The zero-order valence-corrected chi connectivity index (χ0v) is 12.9. The van der Waals surface area contributed by atoms with E-state index in [4.69, 9.17) is 22.1 Å². The van der Waals surface area contributed by atoms with Crippen LogP contribution in [0.3, 0.4) is 0 Å². The van der Waals surface area contributed by atoms with Crippen molar-refractivity contribution in [2.75, 3.05) is 11.8 Å². The fourth-order valence-electron chi connectivity index (χ4n) is 1.79. The molecule has 0 atom stereocenters. The van der Waals surface area contributed by atoms with E-state index in [1.165, 1.54) is 13.2 Å². The third kappa shape index (κ3) is 3.66. The van der Waals surface area contributed by atoms with Gasteiger partial charge in [0.25, 0.3) is 10.0 Å². The summed E-state index contributed by atoms with van der Waals surface area (Å²) in [4.78, 5) is 0.0444. The van der Waals surface area contributed by atoms with Gasteiger partial charge >= 0.3 is 0 Å². The molecular weight excluding hydrogens is 312 g/mol. The molecule has 0 unspecified atom stereocenters. The first-order valence-electron chi connectivity index (χ1n) is 6.11. The number of methoxy groups -OCH3 is 1. The van der Waals surface area contributed by atoms with Crippen LogP contribution in [0, 0.1) is 0 Å². The summed E-state index contributed by atoms with van der Waals surface area (Å²) in [6.07, 6.45) is 0. The van der Waals surface area contributed by atoms with Crippen molar-refractivity contribution < 1.29 is 13.2 Å². The Morgan fingerprint density at radius 2 is 1.86 bits per heavy atom. The van der Waals surface area contributed by atoms with Gasteiger partial charge in [0.15, 0.2) is 0 Å². The van der Waals surface area contributed by atoms with Gasteiger partial charge in [-0.05, 0) is 42.0 Å². The normalized spacial score (nSPS) is 11.2. The highest BCUT2D eigenvalue weighted by Gasteiger charge is 2.20. The Balaban J connectivity index is 2.41. The van der Waals surface area contributed by atoms with Crippen LogP contribution in [0.15, 0.2) is 47.4 Å². The van der Waals surface area contributed by atoms with Crippen molar-refractivity contribution in [1.82, 2.24) is 0 Å². The Bertz CT molecular complexity index is 730. The lowest BCUT2D eigenvalue weighted by Crippen LogP contribution is -2.14. The molecule has 0 aliphatic rings. The lowest BCUT2D eigenvalue weighted by Gasteiger charge is -2.12. The molecule has 2 rings (SSSR count). The van der Waals surface area contributed by atoms with E-state index in [0.717, 1.165) is 0 Å². The number of benzene rings is 2. The van der Waals surface area contributed by atoms with Crippen LogP contribution in [0.1, 0.15) is 5.56 Å². The van der Waals surface area contributed by atoms with Gasteiger partial charge in [0.1, 0.15) is 10.6 Å². The fourth-order valence-corrected chi connectivity index (χ4v) is 3.19. The average Bonchev–Trinajstić information content (AvgIpc) is 2.48. The van der Waals surface area contributed by atoms with Crippen LogP contribution < -0.4 is 15.2 Å². The third-order valence-electron chi connectivity index (χ3n) is 2.85. The maximum atomic E-state index is 12.5. The molecule has 3 N–H and O–H groups in total. The molecule has 0 radical (unpaired) electrons. The molecule has 7 heteroatoms. The van der Waals surface area contributed by atoms with Crippen LogP contribution in [0.25, 0.3) is 0 Å². The molecule has 0 aliphatic carbocycles. The molecule has 0 saturated carbocycles. The lowest BCUT2D eigenvalue weighted by atomic mass is 10.2. The van der Waals surface area contributed by atoms with Crippen LogP contribution >= 0.6 is 11.6 Å². The highest BCUT2D eigenvalue weighted by molar-refractivity contribution is 7.92. The van der Waals surface area contributed by atoms with Crippen molar-refractivity contribution in [3.8, 4) is 5.75 Å². The molecular formula is C14H15ClN2O3S. The van der Waals surface area contributed by atoms with Gasteiger partial charge in [-0.3, -0.25) is 4.72 Å². The molecule has 0 heterocycles. The Hall–Kier alpha value is -1.76. The second kappa shape index (κ2) is 6.34. The summed E-state index contributed by atoms with van der Waals surface area (Å²) >= 11 is 5.78. The second-order valence-electron chi connectivity index (χ2n) is 4.30. The van der Waals surface area contributed by atoms with E-state index in [0.29, 0.717) is 16.3 Å². The van der Waals surface area contributed by atoms with E-state index >= 15 is 0 Å². The molecule has 0 amide bonds. The van der Waals surface area contributed by atoms with Crippen LogP contribution in [0.4, 0.5) is 5.69 Å². The van der Waals surface area contributed by atoms with Gasteiger partial charge in [0.2, 0.25) is 0 Å². The predicted molar refractivity (Wildman–Crippen MR) is 83.1 cm³/mol. The summed E-state index contributed by atoms with van der Waals surface area (Å²) in [6.45, 7) is 0.244. The molecule has 2 aromatic rings. The minimum Gasteiger partial charge on any atom is -0.495 e. The number of halogens is 1. The first-order chi connectivity index (χ1) is 9.96. The Morgan fingerprint density at radius 3 is 2.43 bits per heavy atom. The molecule has 0 fully saturated rings. The number of ether oxygens (including phenoxy) is 1. The van der Waals surface area contributed by atoms with Gasteiger partial charge in [-0.25, -0.2) is 8.42 Å². The van der Waals surface area contributed by atoms with Crippen molar-refractivity contribution >= 4 is 27.3 Å². The Labute approximate surface area is 128 Å². The van der Waals surface area contributed by atoms with Crippen molar-refractivity contribution in [1.29, 1.82) is 0 Å². The molecule has 0 saturated heterocycles. The van der Waals surface area contributed by atoms with Gasteiger partial charge in [0, 0.05) is 17.3 Å². The number of anilines is 1. The maximum absolute atomic E-state index is 12.5. The fraction of sp³-hybridized carbons (Fsp3) is 0.143. The SMILES string of the molecule is COc1ccc(CN)cc1S(=O)(=O)Nc1ccc(Cl)cc1. The quantitative estimate of drug-likeness (QED) is 0.885. The zero-order chi connectivity index (χ0) is 15.5. The van der Waals surface area contributed by atoms with Crippen molar-refractivity contribution in [2.24, 2.45) is 5.73 Å². The van der Waals surface area contributed by atoms with Gasteiger partial charge in [-0.15, -0.1) is 0 Å². The standard InChI is InChI=1S/C14H15ClN2O3S/c1-20-13-7-2-10(9-16)8-14(13)21(18,19)17-12-5-3-11(15)4-6-12/h2-8,17H,9,16H2,1H3. The monoisotopic (exact) mass is 326 g/mol. The number of nitrogens with two attached hydrogens (primary N) is 1. The molecule has 0 aliphatic heterocycles. The van der Waals surface area contributed by atoms with E-state index in [9.17, 15) is 8.42 Å². The topological polar surface area (TPSA) is 81.4 Å². The average molecular weight is 327 g/mol. The summed E-state index contributed by atoms with van der Waals surface area (Å²) in [5.41, 5.74) is 6.67. The summed E-state index contributed by atoms with van der Waals surface area (Å²) in [7, 11) is -2.36. The molecule has 21 heavy (non-hydrogen) atoms. The number of nitrogens with one attached hydrogen (secondary N) is 1. The third-order valence-corrected chi connectivity index (χ3v) is 4.50. The predicted octanol–water partition coefficient (Wildman–Crippen LogP) is 2.61. The summed E-state index contributed by atoms with van der Waals surface area (Å²) in [5, 5.41) is 0.528. The van der Waals surface area contributed by atoms with Gasteiger partial charge < -0.3 is 10.5 Å². The van der Waals surface area contributed by atoms with E-state index in [-0.39, 0.29) is 17.2 Å². The molecule has 5 nitrogen and oxygen atoms in total. The van der Waals surface area contributed by atoms with Gasteiger partial charge in [-0.1, -0.05) is 17.7 Å². The number of hydrogen-bond acceptors (Lipinski definition) is 4. The zero-order valence-electron chi connectivity index (χ0n) is 11.3. The van der Waals surface area contributed by atoms with Crippen molar-refractivity contribution in [3.63, 3.8) is 0 Å². The first kappa shape index (κ1) is 15.6. The smallest absolute Gasteiger partial charge is 0.265 e. The molecule has 0 spiro atoms. The highest BCUT2D eigenvalue weighted by atomic mass is 35.5. The van der Waals surface area contributed by atoms with Gasteiger partial charge in [-0.2, -0.15) is 0 Å². The summed E-state index contributed by atoms with van der Waals surface area (Å²) < 4.78 is 32.5. The Kier molecular flexibility index (Phi) is 4.72. The molecule has 112 valence electrons. The second-order valence-corrected chi connectivity index (χ2v) is 6.39. The Morgan fingerprint density at radius 1 is 1.19 bits per heavy atom. The van der Waals surface area contributed by atoms with Gasteiger partial charge in [0.05, 0.1) is 7.11 Å². The minimum absolute atomic E-state index is 0.0444. The van der Waals surface area contributed by atoms with Crippen LogP contribution in [0.2, 0.25) is 5.02 Å². The van der Waals surface area contributed by atoms with E-state index in [2.05, 4.69) is 4.72 Å². The molecule has 2 aromatic carbocycles. The van der Waals surface area contributed by atoms with Crippen molar-refractivity contribution in [3.05, 3.63) is 53.1 Å². The van der Waals surface area contributed by atoms with E-state index in [1.54, 1.807) is 36.4 Å². The largest absolute Gasteiger partial charge is 0.495 e. The maximum Gasteiger partial charge on any atom is 0.265 e.